The second kappa shape index (κ2) is 8.34. The first kappa shape index (κ1) is 18.4. The quantitative estimate of drug-likeness (QED) is 0.603. The van der Waals surface area contributed by atoms with E-state index in [1.807, 2.05) is 55.5 Å². The monoisotopic (exact) mass is 386 g/mol. The SMILES string of the molecule is Cc1nc(-c2ccccc2)sc1C(=O)N(C)CCOc1ccccc1Cl. The van der Waals surface area contributed by atoms with Gasteiger partial charge < -0.3 is 9.64 Å². The van der Waals surface area contributed by atoms with Crippen LogP contribution in [0.25, 0.3) is 10.6 Å². The maximum atomic E-state index is 12.7. The van der Waals surface area contributed by atoms with Gasteiger partial charge in [-0.25, -0.2) is 4.98 Å². The molecule has 4 nitrogen and oxygen atoms in total. The standard InChI is InChI=1S/C20H19ClN2O2S/c1-14-18(26-19(22-14)15-8-4-3-5-9-15)20(24)23(2)12-13-25-17-11-7-6-10-16(17)21/h3-11H,12-13H2,1-2H3. The summed E-state index contributed by atoms with van der Waals surface area (Å²) < 4.78 is 5.66. The number of aryl methyl sites for hydroxylation is 1. The lowest BCUT2D eigenvalue weighted by Crippen LogP contribution is -2.30. The third kappa shape index (κ3) is 4.23. The molecule has 3 aromatic rings. The summed E-state index contributed by atoms with van der Waals surface area (Å²) in [6.07, 6.45) is 0. The van der Waals surface area contributed by atoms with E-state index in [-0.39, 0.29) is 5.91 Å². The maximum absolute atomic E-state index is 12.7. The number of ether oxygens (including phenoxy) is 1. The van der Waals surface area contributed by atoms with E-state index in [0.29, 0.717) is 28.8 Å². The van der Waals surface area contributed by atoms with Gasteiger partial charge in [-0.3, -0.25) is 4.79 Å². The van der Waals surface area contributed by atoms with E-state index in [0.717, 1.165) is 16.3 Å². The molecule has 2 aromatic carbocycles. The molecule has 1 aromatic heterocycles. The van der Waals surface area contributed by atoms with E-state index >= 15 is 0 Å². The van der Waals surface area contributed by atoms with E-state index in [2.05, 4.69) is 4.98 Å². The molecule has 1 amide bonds. The van der Waals surface area contributed by atoms with Gasteiger partial charge in [0.25, 0.3) is 5.91 Å². The van der Waals surface area contributed by atoms with Crippen molar-refractivity contribution in [2.75, 3.05) is 20.2 Å². The van der Waals surface area contributed by atoms with Gasteiger partial charge in [0, 0.05) is 12.6 Å². The van der Waals surface area contributed by atoms with Crippen molar-refractivity contribution in [2.45, 2.75) is 6.92 Å². The second-order valence-corrected chi connectivity index (χ2v) is 7.21. The second-order valence-electron chi connectivity index (χ2n) is 5.81. The average Bonchev–Trinajstić information content (AvgIpc) is 3.05. The Morgan fingerprint density at radius 3 is 2.58 bits per heavy atom. The van der Waals surface area contributed by atoms with Crippen molar-refractivity contribution in [1.29, 1.82) is 0 Å². The highest BCUT2D eigenvalue weighted by molar-refractivity contribution is 7.17. The van der Waals surface area contributed by atoms with Crippen LogP contribution in [0.15, 0.2) is 54.6 Å². The summed E-state index contributed by atoms with van der Waals surface area (Å²) in [6.45, 7) is 2.70. The van der Waals surface area contributed by atoms with Gasteiger partial charge in [-0.15, -0.1) is 11.3 Å². The fourth-order valence-electron chi connectivity index (χ4n) is 2.43. The van der Waals surface area contributed by atoms with Gasteiger partial charge in [0.05, 0.1) is 17.3 Å². The Hall–Kier alpha value is -2.37. The Morgan fingerprint density at radius 2 is 1.85 bits per heavy atom. The number of hydrogen-bond donors (Lipinski definition) is 0. The number of likely N-dealkylation sites (N-methyl/N-ethyl adjacent to an activating group) is 1. The third-order valence-corrected chi connectivity index (χ3v) is 5.39. The first-order valence-corrected chi connectivity index (χ1v) is 9.41. The van der Waals surface area contributed by atoms with Crippen molar-refractivity contribution in [1.82, 2.24) is 9.88 Å². The van der Waals surface area contributed by atoms with Crippen LogP contribution in [0.1, 0.15) is 15.4 Å². The fourth-order valence-corrected chi connectivity index (χ4v) is 3.68. The van der Waals surface area contributed by atoms with E-state index in [1.54, 1.807) is 18.0 Å². The van der Waals surface area contributed by atoms with Crippen molar-refractivity contribution < 1.29 is 9.53 Å². The van der Waals surface area contributed by atoms with Crippen LogP contribution < -0.4 is 4.74 Å². The molecule has 0 unspecified atom stereocenters. The Morgan fingerprint density at radius 1 is 1.15 bits per heavy atom. The molecule has 0 atom stereocenters. The molecule has 6 heteroatoms. The molecule has 0 fully saturated rings. The molecule has 0 N–H and O–H groups in total. The number of carbonyl (C=O) groups is 1. The van der Waals surface area contributed by atoms with Gasteiger partial charge in [-0.05, 0) is 19.1 Å². The van der Waals surface area contributed by atoms with Crippen LogP contribution in [0.2, 0.25) is 5.02 Å². The Balaban J connectivity index is 1.63. The molecule has 1 heterocycles. The molecule has 0 aliphatic heterocycles. The molecular formula is C20H19ClN2O2S. The topological polar surface area (TPSA) is 42.4 Å². The summed E-state index contributed by atoms with van der Waals surface area (Å²) in [5.41, 5.74) is 1.77. The highest BCUT2D eigenvalue weighted by atomic mass is 35.5. The summed E-state index contributed by atoms with van der Waals surface area (Å²) in [5, 5.41) is 1.42. The van der Waals surface area contributed by atoms with E-state index in [9.17, 15) is 4.79 Å². The minimum Gasteiger partial charge on any atom is -0.490 e. The van der Waals surface area contributed by atoms with Crippen molar-refractivity contribution >= 4 is 28.8 Å². The molecule has 3 rings (SSSR count). The van der Waals surface area contributed by atoms with Gasteiger partial charge in [0.2, 0.25) is 0 Å². The van der Waals surface area contributed by atoms with Crippen LogP contribution in [0.3, 0.4) is 0 Å². The van der Waals surface area contributed by atoms with Crippen molar-refractivity contribution in [3.8, 4) is 16.3 Å². The predicted octanol–water partition coefficient (Wildman–Crippen LogP) is 4.92. The largest absolute Gasteiger partial charge is 0.490 e. The van der Waals surface area contributed by atoms with Gasteiger partial charge in [-0.2, -0.15) is 0 Å². The number of amides is 1. The van der Waals surface area contributed by atoms with Crippen LogP contribution in [-0.4, -0.2) is 36.0 Å². The molecule has 0 saturated carbocycles. The zero-order chi connectivity index (χ0) is 18.5. The van der Waals surface area contributed by atoms with Crippen molar-refractivity contribution in [3.63, 3.8) is 0 Å². The molecule has 0 aliphatic rings. The number of hydrogen-bond acceptors (Lipinski definition) is 4. The summed E-state index contributed by atoms with van der Waals surface area (Å²) in [6, 6.07) is 17.2. The number of thiazole rings is 1. The van der Waals surface area contributed by atoms with Crippen LogP contribution in [-0.2, 0) is 0 Å². The Bertz CT molecular complexity index is 896. The summed E-state index contributed by atoms with van der Waals surface area (Å²) >= 11 is 7.48. The number of aromatic nitrogens is 1. The lowest BCUT2D eigenvalue weighted by atomic mass is 10.2. The number of para-hydroxylation sites is 1. The van der Waals surface area contributed by atoms with E-state index < -0.39 is 0 Å². The van der Waals surface area contributed by atoms with Crippen molar-refractivity contribution in [2.24, 2.45) is 0 Å². The molecule has 0 spiro atoms. The number of rotatable bonds is 6. The van der Waals surface area contributed by atoms with Gasteiger partial charge in [0.1, 0.15) is 22.2 Å². The molecule has 0 radical (unpaired) electrons. The Kier molecular flexibility index (Phi) is 5.91. The minimum atomic E-state index is -0.0510. The zero-order valence-electron chi connectivity index (χ0n) is 14.6. The predicted molar refractivity (Wildman–Crippen MR) is 106 cm³/mol. The molecule has 0 saturated heterocycles. The molecule has 134 valence electrons. The lowest BCUT2D eigenvalue weighted by molar-refractivity contribution is 0.0777. The van der Waals surface area contributed by atoms with Crippen LogP contribution in [0, 0.1) is 6.92 Å². The van der Waals surface area contributed by atoms with Gasteiger partial charge in [0.15, 0.2) is 0 Å². The van der Waals surface area contributed by atoms with Crippen molar-refractivity contribution in [3.05, 3.63) is 70.2 Å². The maximum Gasteiger partial charge on any atom is 0.265 e. The summed E-state index contributed by atoms with van der Waals surface area (Å²) in [5.74, 6) is 0.570. The molecule has 26 heavy (non-hydrogen) atoms. The molecular weight excluding hydrogens is 368 g/mol. The highest BCUT2D eigenvalue weighted by Crippen LogP contribution is 2.28. The first-order chi connectivity index (χ1) is 12.6. The molecule has 0 aliphatic carbocycles. The van der Waals surface area contributed by atoms with E-state index in [4.69, 9.17) is 16.3 Å². The zero-order valence-corrected chi connectivity index (χ0v) is 16.2. The van der Waals surface area contributed by atoms with Crippen LogP contribution in [0.5, 0.6) is 5.75 Å². The smallest absolute Gasteiger partial charge is 0.265 e. The summed E-state index contributed by atoms with van der Waals surface area (Å²) in [7, 11) is 1.76. The Labute approximate surface area is 162 Å². The van der Waals surface area contributed by atoms with Crippen LogP contribution >= 0.6 is 22.9 Å². The van der Waals surface area contributed by atoms with Crippen LogP contribution in [0.4, 0.5) is 0 Å². The van der Waals surface area contributed by atoms with Gasteiger partial charge in [-0.1, -0.05) is 54.1 Å². The number of carbonyl (C=O) groups excluding carboxylic acids is 1. The fraction of sp³-hybridized carbons (Fsp3) is 0.200. The average molecular weight is 387 g/mol. The number of benzene rings is 2. The minimum absolute atomic E-state index is 0.0510. The number of nitrogens with zero attached hydrogens (tertiary/aromatic N) is 2. The third-order valence-electron chi connectivity index (χ3n) is 3.88. The summed E-state index contributed by atoms with van der Waals surface area (Å²) in [4.78, 5) is 19.6. The number of halogens is 1. The lowest BCUT2D eigenvalue weighted by Gasteiger charge is -2.17. The molecule has 0 bridgehead atoms. The first-order valence-electron chi connectivity index (χ1n) is 8.22. The normalized spacial score (nSPS) is 10.6. The van der Waals surface area contributed by atoms with E-state index in [1.165, 1.54) is 11.3 Å². The highest BCUT2D eigenvalue weighted by Gasteiger charge is 2.19. The van der Waals surface area contributed by atoms with Gasteiger partial charge >= 0.3 is 0 Å².